The van der Waals surface area contributed by atoms with E-state index in [-0.39, 0.29) is 0 Å². The molecule has 0 fully saturated rings. The van der Waals surface area contributed by atoms with Gasteiger partial charge in [0.1, 0.15) is 0 Å². The Kier molecular flexibility index (Phi) is 6.00. The Hall–Kier alpha value is -1.75. The molecule has 0 amide bonds. The van der Waals surface area contributed by atoms with Crippen molar-refractivity contribution in [2.75, 3.05) is 5.32 Å². The van der Waals surface area contributed by atoms with Crippen molar-refractivity contribution in [3.63, 3.8) is 0 Å². The van der Waals surface area contributed by atoms with E-state index in [0.717, 1.165) is 5.69 Å². The third-order valence-electron chi connectivity index (χ3n) is 1.26. The molecule has 0 spiro atoms. The Labute approximate surface area is 79.5 Å². The molecule has 2 nitrogen and oxygen atoms in total. The summed E-state index contributed by atoms with van der Waals surface area (Å²) in [7, 11) is 0. The van der Waals surface area contributed by atoms with E-state index in [1.165, 1.54) is 0 Å². The second kappa shape index (κ2) is 6.93. The van der Waals surface area contributed by atoms with Gasteiger partial charge < -0.3 is 5.32 Å². The van der Waals surface area contributed by atoms with Gasteiger partial charge in [0.15, 0.2) is 0 Å². The summed E-state index contributed by atoms with van der Waals surface area (Å²) in [6.07, 6.45) is 1.58. The lowest BCUT2D eigenvalue weighted by Gasteiger charge is -1.98. The molecule has 1 aromatic rings. The van der Waals surface area contributed by atoms with E-state index in [1.54, 1.807) is 18.3 Å². The van der Waals surface area contributed by atoms with Crippen molar-refractivity contribution in [1.82, 2.24) is 0 Å². The van der Waals surface area contributed by atoms with Crippen molar-refractivity contribution in [2.45, 2.75) is 13.8 Å². The quantitative estimate of drug-likeness (QED) is 0.747. The number of nitriles is 1. The molecule has 1 N–H and O–H groups in total. The van der Waals surface area contributed by atoms with Gasteiger partial charge >= 0.3 is 0 Å². The number of benzene rings is 1. The fourth-order valence-corrected chi connectivity index (χ4v) is 0.796. The molecule has 0 unspecified atom stereocenters. The summed E-state index contributed by atoms with van der Waals surface area (Å²) < 4.78 is 0. The maximum Gasteiger partial charge on any atom is 0.0992 e. The maximum atomic E-state index is 8.53. The summed E-state index contributed by atoms with van der Waals surface area (Å²) in [5, 5.41) is 11.4. The van der Waals surface area contributed by atoms with Crippen molar-refractivity contribution in [2.24, 2.45) is 0 Å². The number of hydrogen-bond donors (Lipinski definition) is 1. The van der Waals surface area contributed by atoms with Crippen LogP contribution in [-0.2, 0) is 0 Å². The summed E-state index contributed by atoms with van der Waals surface area (Å²) >= 11 is 0. The first kappa shape index (κ1) is 11.2. The van der Waals surface area contributed by atoms with E-state index in [0.29, 0.717) is 5.56 Å². The van der Waals surface area contributed by atoms with Crippen LogP contribution >= 0.6 is 0 Å². The van der Waals surface area contributed by atoms with Gasteiger partial charge in [0.05, 0.1) is 11.6 Å². The molecular formula is C11H14N2. The molecule has 0 aliphatic heterocycles. The van der Waals surface area contributed by atoms with E-state index in [2.05, 4.69) is 18.0 Å². The fourth-order valence-electron chi connectivity index (χ4n) is 0.796. The first-order valence-electron chi connectivity index (χ1n) is 4.24. The SMILES string of the molecule is C=CNc1cccc(C#N)c1.CC. The lowest BCUT2D eigenvalue weighted by atomic mass is 10.2. The third kappa shape index (κ3) is 3.97. The average molecular weight is 174 g/mol. The number of nitrogens with one attached hydrogen (secondary N) is 1. The van der Waals surface area contributed by atoms with Crippen molar-refractivity contribution in [1.29, 1.82) is 5.26 Å². The Morgan fingerprint density at radius 3 is 2.69 bits per heavy atom. The molecule has 0 saturated heterocycles. The number of rotatable bonds is 2. The van der Waals surface area contributed by atoms with Gasteiger partial charge in [0.25, 0.3) is 0 Å². The van der Waals surface area contributed by atoms with Gasteiger partial charge in [-0.2, -0.15) is 5.26 Å². The normalized spacial score (nSPS) is 7.46. The molecule has 1 rings (SSSR count). The summed E-state index contributed by atoms with van der Waals surface area (Å²) in [6.45, 7) is 7.52. The lowest BCUT2D eigenvalue weighted by Crippen LogP contribution is -1.85. The van der Waals surface area contributed by atoms with E-state index >= 15 is 0 Å². The minimum absolute atomic E-state index is 0.650. The highest BCUT2D eigenvalue weighted by Crippen LogP contribution is 2.08. The standard InChI is InChI=1S/C9H8N2.C2H6/c1-2-11-9-5-3-4-8(6-9)7-10;1-2/h2-6,11H,1H2;1-2H3. The van der Waals surface area contributed by atoms with Crippen LogP contribution in [0.1, 0.15) is 19.4 Å². The van der Waals surface area contributed by atoms with Crippen LogP contribution in [-0.4, -0.2) is 0 Å². The third-order valence-corrected chi connectivity index (χ3v) is 1.26. The van der Waals surface area contributed by atoms with Gasteiger partial charge in [-0.05, 0) is 24.4 Å². The summed E-state index contributed by atoms with van der Waals surface area (Å²) in [5.74, 6) is 0. The molecule has 0 aromatic heterocycles. The average Bonchev–Trinajstić information content (AvgIpc) is 2.22. The molecule has 0 aliphatic carbocycles. The highest BCUT2D eigenvalue weighted by Gasteiger charge is 1.90. The zero-order chi connectivity index (χ0) is 10.1. The Morgan fingerprint density at radius 2 is 2.15 bits per heavy atom. The Morgan fingerprint density at radius 1 is 1.46 bits per heavy atom. The van der Waals surface area contributed by atoms with E-state index in [9.17, 15) is 0 Å². The van der Waals surface area contributed by atoms with Crippen LogP contribution in [0.5, 0.6) is 0 Å². The number of nitrogens with zero attached hydrogens (tertiary/aromatic N) is 1. The van der Waals surface area contributed by atoms with E-state index < -0.39 is 0 Å². The lowest BCUT2D eigenvalue weighted by molar-refractivity contribution is 1.48. The van der Waals surface area contributed by atoms with Crippen molar-refractivity contribution >= 4 is 5.69 Å². The van der Waals surface area contributed by atoms with Crippen LogP contribution < -0.4 is 5.32 Å². The molecule has 13 heavy (non-hydrogen) atoms. The molecule has 0 radical (unpaired) electrons. The highest BCUT2D eigenvalue weighted by molar-refractivity contribution is 5.50. The Balaban J connectivity index is 0.000000671. The smallest absolute Gasteiger partial charge is 0.0992 e. The minimum atomic E-state index is 0.650. The molecule has 0 aliphatic rings. The molecule has 0 atom stereocenters. The number of anilines is 1. The van der Waals surface area contributed by atoms with Crippen LogP contribution in [0.4, 0.5) is 5.69 Å². The molecule has 0 heterocycles. The van der Waals surface area contributed by atoms with Crippen molar-refractivity contribution in [3.8, 4) is 6.07 Å². The van der Waals surface area contributed by atoms with Crippen molar-refractivity contribution in [3.05, 3.63) is 42.6 Å². The molecule has 68 valence electrons. The van der Waals surface area contributed by atoms with Crippen LogP contribution in [0.25, 0.3) is 0 Å². The molecule has 0 bridgehead atoms. The second-order valence-corrected chi connectivity index (χ2v) is 2.04. The fraction of sp³-hybridized carbons (Fsp3) is 0.182. The largest absolute Gasteiger partial charge is 0.362 e. The van der Waals surface area contributed by atoms with Gasteiger partial charge in [-0.15, -0.1) is 0 Å². The predicted molar refractivity (Wildman–Crippen MR) is 56.3 cm³/mol. The topological polar surface area (TPSA) is 35.8 Å². The van der Waals surface area contributed by atoms with Gasteiger partial charge in [-0.25, -0.2) is 0 Å². The minimum Gasteiger partial charge on any atom is -0.362 e. The molecule has 2 heteroatoms. The monoisotopic (exact) mass is 174 g/mol. The van der Waals surface area contributed by atoms with Crippen LogP contribution in [0.15, 0.2) is 37.0 Å². The first-order valence-corrected chi connectivity index (χ1v) is 4.24. The van der Waals surface area contributed by atoms with E-state index in [4.69, 9.17) is 5.26 Å². The zero-order valence-electron chi connectivity index (χ0n) is 8.04. The second-order valence-electron chi connectivity index (χ2n) is 2.04. The van der Waals surface area contributed by atoms with Crippen LogP contribution in [0.3, 0.4) is 0 Å². The molecule has 1 aromatic carbocycles. The van der Waals surface area contributed by atoms with Crippen LogP contribution in [0, 0.1) is 11.3 Å². The van der Waals surface area contributed by atoms with Gasteiger partial charge in [0.2, 0.25) is 0 Å². The van der Waals surface area contributed by atoms with E-state index in [1.807, 2.05) is 26.0 Å². The summed E-state index contributed by atoms with van der Waals surface area (Å²) in [4.78, 5) is 0. The number of hydrogen-bond acceptors (Lipinski definition) is 2. The zero-order valence-corrected chi connectivity index (χ0v) is 8.04. The van der Waals surface area contributed by atoms with Crippen molar-refractivity contribution < 1.29 is 0 Å². The van der Waals surface area contributed by atoms with Gasteiger partial charge in [-0.3, -0.25) is 0 Å². The van der Waals surface area contributed by atoms with Gasteiger partial charge in [-0.1, -0.05) is 26.5 Å². The highest BCUT2D eigenvalue weighted by atomic mass is 14.8. The maximum absolute atomic E-state index is 8.53. The van der Waals surface area contributed by atoms with Crippen LogP contribution in [0.2, 0.25) is 0 Å². The Bertz CT molecular complexity index is 297. The summed E-state index contributed by atoms with van der Waals surface area (Å²) in [6, 6.07) is 9.28. The molecular weight excluding hydrogens is 160 g/mol. The summed E-state index contributed by atoms with van der Waals surface area (Å²) in [5.41, 5.74) is 1.54. The van der Waals surface area contributed by atoms with Gasteiger partial charge in [0, 0.05) is 5.69 Å². The molecule has 0 saturated carbocycles. The first-order chi connectivity index (χ1) is 6.36. The predicted octanol–water partition coefficient (Wildman–Crippen LogP) is 3.14.